The van der Waals surface area contributed by atoms with Crippen LogP contribution in [0.25, 0.3) is 0 Å². The van der Waals surface area contributed by atoms with Gasteiger partial charge in [-0.2, -0.15) is 0 Å². The minimum atomic E-state index is -0.519. The van der Waals surface area contributed by atoms with Crippen LogP contribution in [0.4, 0.5) is 10.5 Å². The Balaban J connectivity index is 0.000000511. The summed E-state index contributed by atoms with van der Waals surface area (Å²) in [6.07, 6.45) is 5.31. The normalized spacial score (nSPS) is 15.7. The van der Waals surface area contributed by atoms with E-state index in [1.165, 1.54) is 5.56 Å². The topological polar surface area (TPSA) is 58.6 Å². The lowest BCUT2D eigenvalue weighted by molar-refractivity contribution is 0.158. The molecule has 4 heteroatoms. The fourth-order valence-electron chi connectivity index (χ4n) is 2.62. The molecule has 0 saturated heterocycles. The number of para-hydroxylation sites is 1. The van der Waals surface area contributed by atoms with Crippen LogP contribution in [0.15, 0.2) is 60.7 Å². The average molecular weight is 339 g/mol. The first kappa shape index (κ1) is 18.7. The molecule has 0 radical (unpaired) electrons. The molecule has 1 amide bonds. The molecule has 0 heterocycles. The summed E-state index contributed by atoms with van der Waals surface area (Å²) in [5, 5.41) is 12.6. The number of aryl methyl sites for hydroxylation is 1. The van der Waals surface area contributed by atoms with Crippen molar-refractivity contribution < 1.29 is 14.6 Å². The zero-order chi connectivity index (χ0) is 18.1. The molecular weight excluding hydrogens is 314 g/mol. The summed E-state index contributed by atoms with van der Waals surface area (Å²) in [5.41, 5.74) is 2.89. The van der Waals surface area contributed by atoms with Gasteiger partial charge in [-0.25, -0.2) is 4.79 Å². The first-order valence-electron chi connectivity index (χ1n) is 8.54. The second-order valence-corrected chi connectivity index (χ2v) is 5.83. The summed E-state index contributed by atoms with van der Waals surface area (Å²) in [5.74, 6) is 0.500. The van der Waals surface area contributed by atoms with Gasteiger partial charge in [-0.15, -0.1) is 0 Å². The Hall–Kier alpha value is -2.59. The van der Waals surface area contributed by atoms with E-state index < -0.39 is 6.09 Å². The summed E-state index contributed by atoms with van der Waals surface area (Å²) >= 11 is 0. The molecule has 4 nitrogen and oxygen atoms in total. The molecule has 25 heavy (non-hydrogen) atoms. The van der Waals surface area contributed by atoms with Crippen LogP contribution in [-0.4, -0.2) is 17.3 Å². The molecule has 3 rings (SSSR count). The van der Waals surface area contributed by atoms with Crippen molar-refractivity contribution >= 4 is 11.8 Å². The van der Waals surface area contributed by atoms with Crippen LogP contribution >= 0.6 is 0 Å². The van der Waals surface area contributed by atoms with E-state index in [9.17, 15) is 9.90 Å². The quantitative estimate of drug-likeness (QED) is 0.778. The Morgan fingerprint density at radius 3 is 2.52 bits per heavy atom. The van der Waals surface area contributed by atoms with E-state index in [0.29, 0.717) is 17.9 Å². The molecule has 2 N–H and O–H groups in total. The van der Waals surface area contributed by atoms with Crippen LogP contribution < -0.4 is 10.1 Å². The molecule has 2 aromatic rings. The average Bonchev–Trinajstić information content (AvgIpc) is 2.63. The Kier molecular flexibility index (Phi) is 7.23. The number of amides is 1. The van der Waals surface area contributed by atoms with E-state index in [4.69, 9.17) is 4.74 Å². The molecule has 0 spiro atoms. The highest BCUT2D eigenvalue weighted by molar-refractivity contribution is 5.87. The minimum Gasteiger partial charge on any atom is -0.410 e. The fourth-order valence-corrected chi connectivity index (χ4v) is 2.62. The van der Waals surface area contributed by atoms with Crippen molar-refractivity contribution in [3.63, 3.8) is 0 Å². The van der Waals surface area contributed by atoms with Gasteiger partial charge in [-0.3, -0.25) is 5.32 Å². The SMILES string of the molecule is C/C=C\C.O=C(Nc1cccc2c1CC(O)CC2)Oc1ccccc1. The van der Waals surface area contributed by atoms with Gasteiger partial charge in [-0.1, -0.05) is 42.5 Å². The molecule has 132 valence electrons. The van der Waals surface area contributed by atoms with Crippen LogP contribution in [0.5, 0.6) is 5.75 Å². The Morgan fingerprint density at radius 1 is 1.12 bits per heavy atom. The first-order valence-corrected chi connectivity index (χ1v) is 8.54. The monoisotopic (exact) mass is 339 g/mol. The van der Waals surface area contributed by atoms with E-state index >= 15 is 0 Å². The summed E-state index contributed by atoms with van der Waals surface area (Å²) in [6.45, 7) is 4.00. The maximum absolute atomic E-state index is 12.0. The van der Waals surface area contributed by atoms with E-state index in [1.807, 2.05) is 62.4 Å². The molecule has 0 bridgehead atoms. The van der Waals surface area contributed by atoms with Crippen LogP contribution in [0.3, 0.4) is 0 Å². The number of aliphatic hydroxyl groups excluding tert-OH is 1. The van der Waals surface area contributed by atoms with Gasteiger partial charge >= 0.3 is 6.09 Å². The summed E-state index contributed by atoms with van der Waals surface area (Å²) in [6, 6.07) is 14.7. The van der Waals surface area contributed by atoms with Gasteiger partial charge in [0.1, 0.15) is 5.75 Å². The third-order valence-electron chi connectivity index (χ3n) is 3.98. The molecule has 1 aliphatic carbocycles. The van der Waals surface area contributed by atoms with Crippen molar-refractivity contribution in [3.05, 3.63) is 71.8 Å². The summed E-state index contributed by atoms with van der Waals surface area (Å²) in [7, 11) is 0. The van der Waals surface area contributed by atoms with E-state index in [-0.39, 0.29) is 6.10 Å². The van der Waals surface area contributed by atoms with Gasteiger partial charge < -0.3 is 9.84 Å². The zero-order valence-electron chi connectivity index (χ0n) is 14.7. The van der Waals surface area contributed by atoms with Gasteiger partial charge in [0.15, 0.2) is 0 Å². The second kappa shape index (κ2) is 9.64. The number of hydrogen-bond donors (Lipinski definition) is 2. The van der Waals surface area contributed by atoms with Crippen LogP contribution in [0.2, 0.25) is 0 Å². The molecular formula is C21H25NO3. The predicted molar refractivity (Wildman–Crippen MR) is 101 cm³/mol. The number of aliphatic hydroxyl groups is 1. The number of benzene rings is 2. The molecule has 0 fully saturated rings. The maximum Gasteiger partial charge on any atom is 0.417 e. The van der Waals surface area contributed by atoms with Gasteiger partial charge in [0, 0.05) is 12.1 Å². The second-order valence-electron chi connectivity index (χ2n) is 5.83. The van der Waals surface area contributed by atoms with Gasteiger partial charge in [-0.05, 0) is 56.0 Å². The molecule has 1 unspecified atom stereocenters. The Bertz CT molecular complexity index is 706. The highest BCUT2D eigenvalue weighted by Crippen LogP contribution is 2.28. The van der Waals surface area contributed by atoms with E-state index in [2.05, 4.69) is 5.32 Å². The van der Waals surface area contributed by atoms with Crippen LogP contribution in [-0.2, 0) is 12.8 Å². The molecule has 1 aliphatic rings. The van der Waals surface area contributed by atoms with E-state index in [1.54, 1.807) is 12.1 Å². The number of ether oxygens (including phenoxy) is 1. The molecule has 2 aromatic carbocycles. The largest absolute Gasteiger partial charge is 0.417 e. The molecule has 1 atom stereocenters. The van der Waals surface area contributed by atoms with E-state index in [0.717, 1.165) is 18.4 Å². The van der Waals surface area contributed by atoms with Crippen molar-refractivity contribution in [2.45, 2.75) is 39.2 Å². The predicted octanol–water partition coefficient (Wildman–Crippen LogP) is 4.73. The standard InChI is InChI=1S/C17H17NO3.C4H8/c19-13-10-9-12-5-4-8-16(15(12)11-13)18-17(20)21-14-6-2-1-3-7-14;1-3-4-2/h1-8,13,19H,9-11H2,(H,18,20);3-4H,1-2H3/b;4-3-. The molecule has 0 aliphatic heterocycles. The van der Waals surface area contributed by atoms with Gasteiger partial charge in [0.25, 0.3) is 0 Å². The van der Waals surface area contributed by atoms with Crippen molar-refractivity contribution in [2.75, 3.05) is 5.32 Å². The number of rotatable bonds is 2. The molecule has 0 saturated carbocycles. The lowest BCUT2D eigenvalue weighted by atomic mass is 9.88. The number of fused-ring (bicyclic) bond motifs is 1. The number of nitrogens with one attached hydrogen (secondary N) is 1. The van der Waals surface area contributed by atoms with Crippen LogP contribution in [0.1, 0.15) is 31.4 Å². The Morgan fingerprint density at radius 2 is 1.84 bits per heavy atom. The lowest BCUT2D eigenvalue weighted by Gasteiger charge is -2.23. The Labute approximate surface area is 149 Å². The highest BCUT2D eigenvalue weighted by Gasteiger charge is 2.20. The number of anilines is 1. The minimum absolute atomic E-state index is 0.342. The van der Waals surface area contributed by atoms with Crippen molar-refractivity contribution in [2.24, 2.45) is 0 Å². The maximum atomic E-state index is 12.0. The summed E-state index contributed by atoms with van der Waals surface area (Å²) < 4.78 is 5.22. The van der Waals surface area contributed by atoms with Crippen molar-refractivity contribution in [1.29, 1.82) is 0 Å². The lowest BCUT2D eigenvalue weighted by Crippen LogP contribution is -2.23. The van der Waals surface area contributed by atoms with Gasteiger partial charge in [0.05, 0.1) is 6.10 Å². The smallest absolute Gasteiger partial charge is 0.410 e. The fraction of sp³-hybridized carbons (Fsp3) is 0.286. The van der Waals surface area contributed by atoms with Crippen molar-refractivity contribution in [3.8, 4) is 5.75 Å². The van der Waals surface area contributed by atoms with Crippen LogP contribution in [0, 0.1) is 0 Å². The third kappa shape index (κ3) is 5.76. The van der Waals surface area contributed by atoms with Gasteiger partial charge in [0.2, 0.25) is 0 Å². The molecule has 0 aromatic heterocycles. The number of carbonyl (C=O) groups is 1. The number of allylic oxidation sites excluding steroid dienone is 2. The zero-order valence-corrected chi connectivity index (χ0v) is 14.7. The van der Waals surface area contributed by atoms with Crippen molar-refractivity contribution in [1.82, 2.24) is 0 Å². The first-order chi connectivity index (χ1) is 12.1. The number of hydrogen-bond acceptors (Lipinski definition) is 3. The number of carbonyl (C=O) groups excluding carboxylic acids is 1. The highest BCUT2D eigenvalue weighted by atomic mass is 16.6. The third-order valence-corrected chi connectivity index (χ3v) is 3.98. The summed E-state index contributed by atoms with van der Waals surface area (Å²) in [4.78, 5) is 12.0.